The number of hydrogen-bond donors (Lipinski definition) is 0. The van der Waals surface area contributed by atoms with Crippen LogP contribution in [0.1, 0.15) is 24.8 Å². The average Bonchev–Trinajstić information content (AvgIpc) is 2.71. The van der Waals surface area contributed by atoms with E-state index >= 15 is 0 Å². The minimum absolute atomic E-state index is 0.0575. The monoisotopic (exact) mass is 256 g/mol. The SMILES string of the molecule is CC(C)c1nnc(Oc2ccc(F)cc2F)s1. The largest absolute Gasteiger partial charge is 0.427 e. The molecule has 3 nitrogen and oxygen atoms in total. The lowest BCUT2D eigenvalue weighted by atomic mass is 10.2. The highest BCUT2D eigenvalue weighted by molar-refractivity contribution is 7.13. The third-order valence-corrected chi connectivity index (χ3v) is 3.11. The normalized spacial score (nSPS) is 10.9. The molecule has 1 aromatic heterocycles. The zero-order valence-corrected chi connectivity index (χ0v) is 10.1. The molecule has 0 bridgehead atoms. The van der Waals surface area contributed by atoms with Gasteiger partial charge in [0.1, 0.15) is 10.8 Å². The van der Waals surface area contributed by atoms with E-state index in [1.165, 1.54) is 17.4 Å². The van der Waals surface area contributed by atoms with Crippen molar-refractivity contribution in [2.75, 3.05) is 0 Å². The van der Waals surface area contributed by atoms with Crippen molar-refractivity contribution in [1.29, 1.82) is 0 Å². The van der Waals surface area contributed by atoms with E-state index in [-0.39, 0.29) is 16.9 Å². The molecule has 0 N–H and O–H groups in total. The van der Waals surface area contributed by atoms with E-state index in [4.69, 9.17) is 4.74 Å². The molecule has 1 heterocycles. The van der Waals surface area contributed by atoms with Gasteiger partial charge in [0.25, 0.3) is 5.19 Å². The van der Waals surface area contributed by atoms with Gasteiger partial charge in [0.05, 0.1) is 0 Å². The number of benzene rings is 1. The van der Waals surface area contributed by atoms with E-state index < -0.39 is 11.6 Å². The van der Waals surface area contributed by atoms with Crippen LogP contribution in [0.15, 0.2) is 18.2 Å². The maximum Gasteiger partial charge on any atom is 0.299 e. The molecule has 0 fully saturated rings. The van der Waals surface area contributed by atoms with Crippen molar-refractivity contribution >= 4 is 11.3 Å². The highest BCUT2D eigenvalue weighted by Crippen LogP contribution is 2.29. The summed E-state index contributed by atoms with van der Waals surface area (Å²) in [5, 5.41) is 8.75. The lowest BCUT2D eigenvalue weighted by Crippen LogP contribution is -1.88. The number of aromatic nitrogens is 2. The average molecular weight is 256 g/mol. The maximum atomic E-state index is 13.3. The summed E-state index contributed by atoms with van der Waals surface area (Å²) in [7, 11) is 0. The lowest BCUT2D eigenvalue weighted by molar-refractivity contribution is 0.431. The molecule has 0 saturated heterocycles. The predicted molar refractivity (Wildman–Crippen MR) is 60.4 cm³/mol. The molecule has 0 atom stereocenters. The van der Waals surface area contributed by atoms with E-state index in [9.17, 15) is 8.78 Å². The third-order valence-electron chi connectivity index (χ3n) is 2.01. The molecule has 1 aromatic carbocycles. The summed E-state index contributed by atoms with van der Waals surface area (Å²) in [6, 6.07) is 3.11. The summed E-state index contributed by atoms with van der Waals surface area (Å²) in [6.07, 6.45) is 0. The van der Waals surface area contributed by atoms with Crippen LogP contribution in [0.5, 0.6) is 10.9 Å². The van der Waals surface area contributed by atoms with Crippen molar-refractivity contribution < 1.29 is 13.5 Å². The molecule has 0 amide bonds. The van der Waals surface area contributed by atoms with Crippen molar-refractivity contribution in [2.45, 2.75) is 19.8 Å². The van der Waals surface area contributed by atoms with Crippen LogP contribution in [0.2, 0.25) is 0 Å². The van der Waals surface area contributed by atoms with Crippen LogP contribution in [-0.2, 0) is 0 Å². The van der Waals surface area contributed by atoms with Gasteiger partial charge in [-0.15, -0.1) is 5.10 Å². The minimum atomic E-state index is -0.758. The summed E-state index contributed by atoms with van der Waals surface area (Å²) in [6.45, 7) is 3.95. The van der Waals surface area contributed by atoms with Crippen molar-refractivity contribution in [3.63, 3.8) is 0 Å². The molecule has 0 aliphatic heterocycles. The molecule has 2 rings (SSSR count). The van der Waals surface area contributed by atoms with Crippen LogP contribution in [0.3, 0.4) is 0 Å². The van der Waals surface area contributed by atoms with Crippen molar-refractivity contribution in [3.05, 3.63) is 34.8 Å². The van der Waals surface area contributed by atoms with Crippen molar-refractivity contribution in [1.82, 2.24) is 10.2 Å². The fraction of sp³-hybridized carbons (Fsp3) is 0.273. The Morgan fingerprint density at radius 3 is 2.59 bits per heavy atom. The van der Waals surface area contributed by atoms with Crippen LogP contribution in [-0.4, -0.2) is 10.2 Å². The third kappa shape index (κ3) is 2.76. The molecule has 0 aliphatic rings. The predicted octanol–water partition coefficient (Wildman–Crippen LogP) is 3.73. The number of halogens is 2. The van der Waals surface area contributed by atoms with Crippen LogP contribution in [0.4, 0.5) is 8.78 Å². The Labute approximate surface area is 101 Å². The summed E-state index contributed by atoms with van der Waals surface area (Å²) in [4.78, 5) is 0. The topological polar surface area (TPSA) is 35.0 Å². The van der Waals surface area contributed by atoms with Gasteiger partial charge in [-0.25, -0.2) is 8.78 Å². The summed E-state index contributed by atoms with van der Waals surface area (Å²) in [5.74, 6) is -1.22. The molecule has 0 saturated carbocycles. The number of hydrogen-bond acceptors (Lipinski definition) is 4. The zero-order valence-electron chi connectivity index (χ0n) is 9.28. The second-order valence-corrected chi connectivity index (χ2v) is 4.71. The van der Waals surface area contributed by atoms with E-state index in [2.05, 4.69) is 10.2 Å². The molecular weight excluding hydrogens is 246 g/mol. The molecule has 17 heavy (non-hydrogen) atoms. The number of rotatable bonds is 3. The van der Waals surface area contributed by atoms with Crippen LogP contribution in [0, 0.1) is 11.6 Å². The quantitative estimate of drug-likeness (QED) is 0.839. The molecule has 90 valence electrons. The Hall–Kier alpha value is -1.56. The zero-order chi connectivity index (χ0) is 12.4. The smallest absolute Gasteiger partial charge is 0.299 e. The summed E-state index contributed by atoms with van der Waals surface area (Å²) >= 11 is 1.24. The minimum Gasteiger partial charge on any atom is -0.427 e. The van der Waals surface area contributed by atoms with Gasteiger partial charge in [-0.1, -0.05) is 30.3 Å². The fourth-order valence-corrected chi connectivity index (χ4v) is 1.86. The molecule has 0 spiro atoms. The first-order valence-corrected chi connectivity index (χ1v) is 5.84. The van der Waals surface area contributed by atoms with Crippen LogP contribution >= 0.6 is 11.3 Å². The lowest BCUT2D eigenvalue weighted by Gasteiger charge is -2.01. The Bertz CT molecular complexity index is 528. The van der Waals surface area contributed by atoms with E-state index in [0.29, 0.717) is 0 Å². The highest BCUT2D eigenvalue weighted by Gasteiger charge is 2.12. The first kappa shape index (κ1) is 11.9. The van der Waals surface area contributed by atoms with E-state index in [1.54, 1.807) is 0 Å². The number of nitrogens with zero attached hydrogens (tertiary/aromatic N) is 2. The highest BCUT2D eigenvalue weighted by atomic mass is 32.1. The standard InChI is InChI=1S/C11H10F2N2OS/c1-6(2)10-14-15-11(17-10)16-9-4-3-7(12)5-8(9)13/h3-6H,1-2H3. The van der Waals surface area contributed by atoms with Gasteiger partial charge in [0, 0.05) is 12.0 Å². The van der Waals surface area contributed by atoms with E-state index in [0.717, 1.165) is 17.1 Å². The second-order valence-electron chi connectivity index (χ2n) is 3.74. The van der Waals surface area contributed by atoms with Gasteiger partial charge in [-0.3, -0.25) is 0 Å². The fourth-order valence-electron chi connectivity index (χ4n) is 1.15. The van der Waals surface area contributed by atoms with Gasteiger partial charge in [-0.05, 0) is 12.1 Å². The summed E-state index contributed by atoms with van der Waals surface area (Å²) < 4.78 is 31.2. The first-order chi connectivity index (χ1) is 8.06. The molecule has 0 unspecified atom stereocenters. The maximum absolute atomic E-state index is 13.3. The second kappa shape index (κ2) is 4.75. The van der Waals surface area contributed by atoms with Gasteiger partial charge >= 0.3 is 0 Å². The Morgan fingerprint density at radius 2 is 2.00 bits per heavy atom. The van der Waals surface area contributed by atoms with Gasteiger partial charge < -0.3 is 4.74 Å². The molecule has 0 aliphatic carbocycles. The van der Waals surface area contributed by atoms with Crippen molar-refractivity contribution in [3.8, 4) is 10.9 Å². The Kier molecular flexibility index (Phi) is 3.33. The number of ether oxygens (including phenoxy) is 1. The molecule has 0 radical (unpaired) electrons. The van der Waals surface area contributed by atoms with E-state index in [1.807, 2.05) is 13.8 Å². The van der Waals surface area contributed by atoms with Crippen molar-refractivity contribution in [2.24, 2.45) is 0 Å². The van der Waals surface area contributed by atoms with Gasteiger partial charge in [0.15, 0.2) is 11.6 Å². The van der Waals surface area contributed by atoms with Gasteiger partial charge in [0.2, 0.25) is 0 Å². The Morgan fingerprint density at radius 1 is 1.24 bits per heavy atom. The molecule has 2 aromatic rings. The molecular formula is C11H10F2N2OS. The van der Waals surface area contributed by atoms with Crippen LogP contribution < -0.4 is 4.74 Å². The summed E-state index contributed by atoms with van der Waals surface area (Å²) in [5.41, 5.74) is 0. The first-order valence-electron chi connectivity index (χ1n) is 5.02. The Balaban J connectivity index is 2.19. The molecule has 6 heteroatoms. The van der Waals surface area contributed by atoms with Crippen LogP contribution in [0.25, 0.3) is 0 Å². The van der Waals surface area contributed by atoms with Gasteiger partial charge in [-0.2, -0.15) is 0 Å².